The average molecular weight is 221 g/mol. The molecular formula is C10H11N3O3. The zero-order valence-electron chi connectivity index (χ0n) is 8.47. The molecule has 1 heterocycles. The molecule has 1 aliphatic rings. The number of carbonyl (C=O) groups excluding carboxylic acids is 2. The van der Waals surface area contributed by atoms with Gasteiger partial charge in [0.1, 0.15) is 0 Å². The Morgan fingerprint density at radius 3 is 2.50 bits per heavy atom. The number of nitrogens with two attached hydrogens (primary N) is 2. The Morgan fingerprint density at radius 1 is 1.31 bits per heavy atom. The Kier molecular flexibility index (Phi) is 2.47. The SMILES string of the molecule is NC(=O)c1ccnc(C(N)=O)c1OC1CC1. The molecule has 6 heteroatoms. The maximum atomic E-state index is 11.2. The van der Waals surface area contributed by atoms with Crippen molar-refractivity contribution < 1.29 is 14.3 Å². The van der Waals surface area contributed by atoms with Gasteiger partial charge in [0.05, 0.1) is 11.7 Å². The monoisotopic (exact) mass is 221 g/mol. The number of pyridine rings is 1. The molecule has 1 aromatic heterocycles. The van der Waals surface area contributed by atoms with Crippen LogP contribution in [-0.2, 0) is 0 Å². The van der Waals surface area contributed by atoms with Crippen LogP contribution in [-0.4, -0.2) is 22.9 Å². The summed E-state index contributed by atoms with van der Waals surface area (Å²) >= 11 is 0. The largest absolute Gasteiger partial charge is 0.487 e. The first-order valence-corrected chi connectivity index (χ1v) is 4.85. The molecule has 6 nitrogen and oxygen atoms in total. The second-order valence-corrected chi connectivity index (χ2v) is 3.58. The van der Waals surface area contributed by atoms with Crippen molar-refractivity contribution in [2.24, 2.45) is 11.5 Å². The van der Waals surface area contributed by atoms with E-state index >= 15 is 0 Å². The molecule has 84 valence electrons. The van der Waals surface area contributed by atoms with Crippen LogP contribution in [0.2, 0.25) is 0 Å². The van der Waals surface area contributed by atoms with E-state index in [4.69, 9.17) is 16.2 Å². The van der Waals surface area contributed by atoms with Crippen LogP contribution in [0.15, 0.2) is 12.3 Å². The van der Waals surface area contributed by atoms with Gasteiger partial charge < -0.3 is 16.2 Å². The standard InChI is InChI=1S/C10H11N3O3/c11-9(14)6-3-4-13-7(10(12)15)8(6)16-5-1-2-5/h3-5H,1-2H2,(H2,11,14)(H2,12,15). The number of nitrogens with zero attached hydrogens (tertiary/aromatic N) is 1. The van der Waals surface area contributed by atoms with Gasteiger partial charge in [0, 0.05) is 6.20 Å². The molecule has 2 rings (SSSR count). The number of hydrogen-bond acceptors (Lipinski definition) is 4. The second kappa shape index (κ2) is 3.80. The summed E-state index contributed by atoms with van der Waals surface area (Å²) in [5.41, 5.74) is 10.4. The van der Waals surface area contributed by atoms with E-state index in [1.54, 1.807) is 0 Å². The van der Waals surface area contributed by atoms with Crippen molar-refractivity contribution in [3.05, 3.63) is 23.5 Å². The van der Waals surface area contributed by atoms with E-state index in [2.05, 4.69) is 4.98 Å². The molecule has 0 unspecified atom stereocenters. The highest BCUT2D eigenvalue weighted by Crippen LogP contribution is 2.30. The molecule has 16 heavy (non-hydrogen) atoms. The minimum absolute atomic E-state index is 0.0281. The fraction of sp³-hybridized carbons (Fsp3) is 0.300. The number of amides is 2. The van der Waals surface area contributed by atoms with Gasteiger partial charge in [-0.1, -0.05) is 0 Å². The molecule has 0 aromatic carbocycles. The first-order valence-electron chi connectivity index (χ1n) is 4.85. The number of hydrogen-bond donors (Lipinski definition) is 2. The third kappa shape index (κ3) is 1.95. The van der Waals surface area contributed by atoms with Gasteiger partial charge in [-0.25, -0.2) is 4.98 Å². The molecule has 0 bridgehead atoms. The van der Waals surface area contributed by atoms with Gasteiger partial charge in [0.15, 0.2) is 11.4 Å². The number of carbonyl (C=O) groups is 2. The van der Waals surface area contributed by atoms with Gasteiger partial charge in [-0.2, -0.15) is 0 Å². The summed E-state index contributed by atoms with van der Waals surface area (Å²) in [6, 6.07) is 1.41. The van der Waals surface area contributed by atoms with Crippen LogP contribution >= 0.6 is 0 Å². The Labute approximate surface area is 91.6 Å². The van der Waals surface area contributed by atoms with Crippen LogP contribution in [0.3, 0.4) is 0 Å². The summed E-state index contributed by atoms with van der Waals surface area (Å²) in [6.07, 6.45) is 3.12. The summed E-state index contributed by atoms with van der Waals surface area (Å²) in [6.45, 7) is 0. The van der Waals surface area contributed by atoms with Crippen LogP contribution in [0.25, 0.3) is 0 Å². The molecule has 1 fully saturated rings. The number of ether oxygens (including phenoxy) is 1. The molecule has 0 radical (unpaired) electrons. The van der Waals surface area contributed by atoms with Crippen molar-refractivity contribution in [3.8, 4) is 5.75 Å². The number of rotatable bonds is 4. The van der Waals surface area contributed by atoms with Gasteiger partial charge in [0.25, 0.3) is 11.8 Å². The maximum absolute atomic E-state index is 11.2. The van der Waals surface area contributed by atoms with E-state index in [0.717, 1.165) is 12.8 Å². The molecule has 2 amide bonds. The van der Waals surface area contributed by atoms with E-state index in [9.17, 15) is 9.59 Å². The highest BCUT2D eigenvalue weighted by Gasteiger charge is 2.28. The quantitative estimate of drug-likeness (QED) is 0.735. The normalized spacial score (nSPS) is 14.5. The van der Waals surface area contributed by atoms with Crippen molar-refractivity contribution in [1.82, 2.24) is 4.98 Å². The lowest BCUT2D eigenvalue weighted by Gasteiger charge is -2.10. The van der Waals surface area contributed by atoms with Gasteiger partial charge in [-0.15, -0.1) is 0 Å². The molecule has 1 aromatic rings. The number of aromatic nitrogens is 1. The van der Waals surface area contributed by atoms with Crippen molar-refractivity contribution >= 4 is 11.8 Å². The van der Waals surface area contributed by atoms with Crippen molar-refractivity contribution in [1.29, 1.82) is 0 Å². The fourth-order valence-electron chi connectivity index (χ4n) is 1.29. The van der Waals surface area contributed by atoms with Crippen molar-refractivity contribution in [2.75, 3.05) is 0 Å². The summed E-state index contributed by atoms with van der Waals surface area (Å²) in [4.78, 5) is 26.1. The first kappa shape index (κ1) is 10.4. The predicted molar refractivity (Wildman–Crippen MR) is 54.9 cm³/mol. The van der Waals surface area contributed by atoms with Crippen LogP contribution in [0.4, 0.5) is 0 Å². The Balaban J connectivity index is 2.47. The lowest BCUT2D eigenvalue weighted by atomic mass is 10.2. The molecule has 0 atom stereocenters. The zero-order chi connectivity index (χ0) is 11.7. The van der Waals surface area contributed by atoms with Gasteiger partial charge >= 0.3 is 0 Å². The van der Waals surface area contributed by atoms with E-state index in [1.807, 2.05) is 0 Å². The Bertz CT molecular complexity index is 422. The van der Waals surface area contributed by atoms with Crippen LogP contribution in [0, 0.1) is 0 Å². The van der Waals surface area contributed by atoms with Crippen LogP contribution in [0.1, 0.15) is 33.7 Å². The summed E-state index contributed by atoms with van der Waals surface area (Å²) < 4.78 is 5.45. The Morgan fingerprint density at radius 2 is 2.00 bits per heavy atom. The van der Waals surface area contributed by atoms with Crippen LogP contribution < -0.4 is 16.2 Å². The van der Waals surface area contributed by atoms with Crippen molar-refractivity contribution in [2.45, 2.75) is 18.9 Å². The summed E-state index contributed by atoms with van der Waals surface area (Å²) in [5.74, 6) is -1.30. The molecule has 4 N–H and O–H groups in total. The second-order valence-electron chi connectivity index (χ2n) is 3.58. The lowest BCUT2D eigenvalue weighted by Crippen LogP contribution is -2.20. The Hall–Kier alpha value is -2.11. The number of primary amides is 2. The highest BCUT2D eigenvalue weighted by atomic mass is 16.5. The zero-order valence-corrected chi connectivity index (χ0v) is 8.47. The molecular weight excluding hydrogens is 210 g/mol. The van der Waals surface area contributed by atoms with Gasteiger partial charge in [-0.3, -0.25) is 9.59 Å². The summed E-state index contributed by atoms with van der Waals surface area (Å²) in [5, 5.41) is 0. The van der Waals surface area contributed by atoms with Crippen molar-refractivity contribution in [3.63, 3.8) is 0 Å². The smallest absolute Gasteiger partial charge is 0.271 e. The van der Waals surface area contributed by atoms with E-state index in [1.165, 1.54) is 12.3 Å². The third-order valence-corrected chi connectivity index (χ3v) is 2.21. The molecule has 0 saturated heterocycles. The summed E-state index contributed by atoms with van der Waals surface area (Å²) in [7, 11) is 0. The van der Waals surface area contributed by atoms with Crippen LogP contribution in [0.5, 0.6) is 5.75 Å². The van der Waals surface area contributed by atoms with E-state index < -0.39 is 11.8 Å². The molecule has 0 aliphatic heterocycles. The third-order valence-electron chi connectivity index (χ3n) is 2.21. The average Bonchev–Trinajstić information content (AvgIpc) is 3.01. The molecule has 1 aliphatic carbocycles. The minimum Gasteiger partial charge on any atom is -0.487 e. The first-order chi connectivity index (χ1) is 7.59. The lowest BCUT2D eigenvalue weighted by molar-refractivity contribution is 0.0988. The molecule has 1 saturated carbocycles. The minimum atomic E-state index is -0.737. The predicted octanol–water partition coefficient (Wildman–Crippen LogP) is -0.179. The van der Waals surface area contributed by atoms with Gasteiger partial charge in [0.2, 0.25) is 0 Å². The molecule has 0 spiro atoms. The van der Waals surface area contributed by atoms with Gasteiger partial charge in [-0.05, 0) is 18.9 Å². The van der Waals surface area contributed by atoms with E-state index in [-0.39, 0.29) is 23.1 Å². The maximum Gasteiger partial charge on any atom is 0.271 e. The van der Waals surface area contributed by atoms with E-state index in [0.29, 0.717) is 0 Å². The highest BCUT2D eigenvalue weighted by molar-refractivity contribution is 6.01. The fourth-order valence-corrected chi connectivity index (χ4v) is 1.29. The topological polar surface area (TPSA) is 108 Å².